The van der Waals surface area contributed by atoms with E-state index in [0.29, 0.717) is 36.0 Å². The van der Waals surface area contributed by atoms with Crippen LogP contribution in [0.1, 0.15) is 85.5 Å². The quantitative estimate of drug-likeness (QED) is 0.547. The van der Waals surface area contributed by atoms with Gasteiger partial charge in [0, 0.05) is 6.42 Å². The molecule has 184 valence electrons. The molecule has 0 saturated heterocycles. The molecule has 0 heterocycles. The van der Waals surface area contributed by atoms with E-state index in [1.54, 1.807) is 0 Å². The third-order valence-electron chi connectivity index (χ3n) is 11.3. The van der Waals surface area contributed by atoms with E-state index in [0.717, 1.165) is 51.4 Å². The topological polar surface area (TPSA) is 87.0 Å². The van der Waals surface area contributed by atoms with Gasteiger partial charge in [-0.05, 0) is 97.2 Å². The lowest BCUT2D eigenvalue weighted by molar-refractivity contribution is -0.228. The van der Waals surface area contributed by atoms with Gasteiger partial charge in [0.15, 0.2) is 0 Å². The molecule has 32 heavy (non-hydrogen) atoms. The summed E-state index contributed by atoms with van der Waals surface area (Å²) in [5.41, 5.74) is -0.131. The molecule has 4 aliphatic rings. The Morgan fingerprint density at radius 2 is 1.78 bits per heavy atom. The van der Waals surface area contributed by atoms with Crippen molar-refractivity contribution in [3.63, 3.8) is 0 Å². The number of methoxy groups -OCH3 is 1. The van der Waals surface area contributed by atoms with Crippen molar-refractivity contribution < 1.29 is 24.9 Å². The average molecular weight is 451 g/mol. The van der Waals surface area contributed by atoms with Gasteiger partial charge < -0.3 is 20.1 Å². The second kappa shape index (κ2) is 8.85. The molecule has 0 radical (unpaired) electrons. The zero-order chi connectivity index (χ0) is 23.4. The number of carbonyl (C=O) groups excluding carboxylic acids is 1. The molecular formula is C27H46O5. The first-order chi connectivity index (χ1) is 15.1. The highest BCUT2D eigenvalue weighted by molar-refractivity contribution is 5.69. The molecule has 4 fully saturated rings. The SMILES string of the molecule is CC[C@H]1[C@@H](O)C2C3CCC(C(C)CCC(=O)OC)[C@@]3(C)[C@@H](O)CC2[C@@]2(C)CC[C@@H](O)C[C@@H]12. The number of hydrogen-bond donors (Lipinski definition) is 3. The number of hydrogen-bond acceptors (Lipinski definition) is 5. The van der Waals surface area contributed by atoms with E-state index >= 15 is 0 Å². The highest BCUT2D eigenvalue weighted by Crippen LogP contribution is 2.69. The van der Waals surface area contributed by atoms with Crippen LogP contribution in [-0.4, -0.2) is 46.7 Å². The van der Waals surface area contributed by atoms with E-state index in [2.05, 4.69) is 27.7 Å². The van der Waals surface area contributed by atoms with E-state index in [4.69, 9.17) is 4.74 Å². The number of aliphatic hydroxyl groups excluding tert-OH is 3. The van der Waals surface area contributed by atoms with Crippen LogP contribution < -0.4 is 0 Å². The van der Waals surface area contributed by atoms with Gasteiger partial charge >= 0.3 is 5.97 Å². The lowest BCUT2D eigenvalue weighted by atomic mass is 9.41. The minimum absolute atomic E-state index is 0.0840. The normalized spacial score (nSPS) is 51.3. The van der Waals surface area contributed by atoms with Crippen LogP contribution >= 0.6 is 0 Å². The zero-order valence-electron chi connectivity index (χ0n) is 20.8. The van der Waals surface area contributed by atoms with Crippen LogP contribution in [-0.2, 0) is 9.53 Å². The molecule has 4 rings (SSSR count). The molecular weight excluding hydrogens is 404 g/mol. The van der Waals surface area contributed by atoms with Crippen molar-refractivity contribution >= 4 is 5.97 Å². The van der Waals surface area contributed by atoms with Crippen molar-refractivity contribution in [3.8, 4) is 0 Å². The largest absolute Gasteiger partial charge is 0.469 e. The Hall–Kier alpha value is -0.650. The highest BCUT2D eigenvalue weighted by atomic mass is 16.5. The number of carbonyl (C=O) groups is 1. The summed E-state index contributed by atoms with van der Waals surface area (Å²) in [4.78, 5) is 11.7. The molecule has 5 heteroatoms. The number of aliphatic hydroxyl groups is 3. The van der Waals surface area contributed by atoms with Crippen molar-refractivity contribution in [3.05, 3.63) is 0 Å². The number of fused-ring (bicyclic) bond motifs is 5. The summed E-state index contributed by atoms with van der Waals surface area (Å²) in [5, 5.41) is 33.9. The molecule has 4 saturated carbocycles. The fourth-order valence-corrected chi connectivity index (χ4v) is 9.54. The van der Waals surface area contributed by atoms with Gasteiger partial charge in [0.1, 0.15) is 0 Å². The maximum atomic E-state index is 11.8. The number of rotatable bonds is 5. The molecule has 0 aliphatic heterocycles. The van der Waals surface area contributed by atoms with Crippen molar-refractivity contribution in [2.24, 2.45) is 52.3 Å². The first-order valence-corrected chi connectivity index (χ1v) is 13.2. The molecule has 5 unspecified atom stereocenters. The highest BCUT2D eigenvalue weighted by Gasteiger charge is 2.67. The number of ether oxygens (including phenoxy) is 1. The van der Waals surface area contributed by atoms with Crippen LogP contribution in [0, 0.1) is 52.3 Å². The summed E-state index contributed by atoms with van der Waals surface area (Å²) >= 11 is 0. The molecule has 0 aromatic rings. The van der Waals surface area contributed by atoms with Gasteiger partial charge in [-0.3, -0.25) is 4.79 Å². The lowest BCUT2D eigenvalue weighted by Gasteiger charge is -2.65. The van der Waals surface area contributed by atoms with Crippen LogP contribution in [0.15, 0.2) is 0 Å². The molecule has 5 nitrogen and oxygen atoms in total. The molecule has 0 bridgehead atoms. The fourth-order valence-electron chi connectivity index (χ4n) is 9.54. The Labute approximate surface area is 194 Å². The third-order valence-corrected chi connectivity index (χ3v) is 11.3. The zero-order valence-corrected chi connectivity index (χ0v) is 20.8. The standard InChI is InChI=1S/C27H46O5/c1-6-17-20-13-16(28)11-12-26(20,3)21-14-22(29)27(4)18(15(2)7-10-23(30)32-5)8-9-19(27)24(21)25(17)31/h15-22,24-25,28-29,31H,6-14H2,1-5H3/t15?,16-,17-,18?,19?,20+,21?,22+,24?,25-,26+,27-/m1/s1. The third kappa shape index (κ3) is 3.56. The molecule has 3 N–H and O–H groups in total. The van der Waals surface area contributed by atoms with Gasteiger partial charge in [0.25, 0.3) is 0 Å². The molecule has 0 aromatic carbocycles. The Morgan fingerprint density at radius 3 is 2.44 bits per heavy atom. The average Bonchev–Trinajstić information content (AvgIpc) is 3.12. The van der Waals surface area contributed by atoms with Crippen molar-refractivity contribution in [1.82, 2.24) is 0 Å². The van der Waals surface area contributed by atoms with Gasteiger partial charge in [-0.2, -0.15) is 0 Å². The minimum Gasteiger partial charge on any atom is -0.469 e. The Kier molecular flexibility index (Phi) is 6.77. The molecule has 0 aromatic heterocycles. The smallest absolute Gasteiger partial charge is 0.305 e. The van der Waals surface area contributed by atoms with E-state index in [1.807, 2.05) is 0 Å². The maximum absolute atomic E-state index is 11.8. The Balaban J connectivity index is 1.63. The second-order valence-electron chi connectivity index (χ2n) is 12.3. The lowest BCUT2D eigenvalue weighted by Crippen LogP contribution is -2.65. The summed E-state index contributed by atoms with van der Waals surface area (Å²) in [6.07, 6.45) is 6.69. The summed E-state index contributed by atoms with van der Waals surface area (Å²) in [6, 6.07) is 0. The van der Waals surface area contributed by atoms with E-state index in [-0.39, 0.29) is 46.9 Å². The molecule has 0 amide bonds. The van der Waals surface area contributed by atoms with E-state index in [9.17, 15) is 20.1 Å². The van der Waals surface area contributed by atoms with Gasteiger partial charge in [-0.1, -0.05) is 34.1 Å². The summed E-state index contributed by atoms with van der Waals surface area (Å²) < 4.78 is 4.85. The first kappa shape index (κ1) is 24.5. The predicted molar refractivity (Wildman–Crippen MR) is 124 cm³/mol. The summed E-state index contributed by atoms with van der Waals surface area (Å²) in [6.45, 7) is 9.10. The molecule has 4 aliphatic carbocycles. The van der Waals surface area contributed by atoms with Crippen LogP contribution in [0.5, 0.6) is 0 Å². The van der Waals surface area contributed by atoms with Crippen LogP contribution in [0.4, 0.5) is 0 Å². The van der Waals surface area contributed by atoms with E-state index < -0.39 is 0 Å². The molecule has 12 atom stereocenters. The van der Waals surface area contributed by atoms with Crippen molar-refractivity contribution in [2.75, 3.05) is 7.11 Å². The second-order valence-corrected chi connectivity index (χ2v) is 12.3. The Morgan fingerprint density at radius 1 is 1.06 bits per heavy atom. The van der Waals surface area contributed by atoms with Gasteiger partial charge in [0.2, 0.25) is 0 Å². The minimum atomic E-state index is -0.378. The fraction of sp³-hybridized carbons (Fsp3) is 0.963. The monoisotopic (exact) mass is 450 g/mol. The number of esters is 1. The van der Waals surface area contributed by atoms with Crippen LogP contribution in [0.25, 0.3) is 0 Å². The van der Waals surface area contributed by atoms with E-state index in [1.165, 1.54) is 7.11 Å². The van der Waals surface area contributed by atoms with Crippen LogP contribution in [0.2, 0.25) is 0 Å². The van der Waals surface area contributed by atoms with Crippen molar-refractivity contribution in [2.45, 2.75) is 104 Å². The van der Waals surface area contributed by atoms with Gasteiger partial charge in [-0.25, -0.2) is 0 Å². The van der Waals surface area contributed by atoms with Crippen LogP contribution in [0.3, 0.4) is 0 Å². The Bertz CT molecular complexity index is 696. The molecule has 0 spiro atoms. The maximum Gasteiger partial charge on any atom is 0.305 e. The summed E-state index contributed by atoms with van der Waals surface area (Å²) in [5.74, 6) is 1.96. The van der Waals surface area contributed by atoms with Crippen molar-refractivity contribution in [1.29, 1.82) is 0 Å². The predicted octanol–water partition coefficient (Wildman–Crippen LogP) is 4.17. The summed E-state index contributed by atoms with van der Waals surface area (Å²) in [7, 11) is 1.44. The van der Waals surface area contributed by atoms with Gasteiger partial charge in [0.05, 0.1) is 25.4 Å². The first-order valence-electron chi connectivity index (χ1n) is 13.2. The van der Waals surface area contributed by atoms with Gasteiger partial charge in [-0.15, -0.1) is 0 Å².